The molecule has 0 amide bonds. The summed E-state index contributed by atoms with van der Waals surface area (Å²) in [6, 6.07) is 5.66. The van der Waals surface area contributed by atoms with Gasteiger partial charge in [0, 0.05) is 18.3 Å². The Hall–Kier alpha value is -0.930. The van der Waals surface area contributed by atoms with Crippen LogP contribution in [0, 0.1) is 6.92 Å². The first-order valence-corrected chi connectivity index (χ1v) is 7.19. The van der Waals surface area contributed by atoms with Crippen LogP contribution in [0.3, 0.4) is 0 Å². The van der Waals surface area contributed by atoms with Gasteiger partial charge in [0.05, 0.1) is 11.7 Å². The zero-order valence-corrected chi connectivity index (χ0v) is 11.2. The second-order valence-corrected chi connectivity index (χ2v) is 5.83. The minimum Gasteiger partial charge on any atom is -0.326 e. The zero-order chi connectivity index (χ0) is 12.5. The highest BCUT2D eigenvalue weighted by Gasteiger charge is 2.38. The van der Waals surface area contributed by atoms with E-state index in [1.54, 1.807) is 0 Å². The molecule has 1 aliphatic carbocycles. The van der Waals surface area contributed by atoms with Gasteiger partial charge in [0.15, 0.2) is 0 Å². The van der Waals surface area contributed by atoms with Crippen LogP contribution >= 0.6 is 0 Å². The number of nitrogens with two attached hydrogens (primary N) is 1. The molecule has 1 saturated heterocycles. The van der Waals surface area contributed by atoms with Gasteiger partial charge in [-0.2, -0.15) is 0 Å². The van der Waals surface area contributed by atoms with Crippen LogP contribution in [0.2, 0.25) is 0 Å². The number of aromatic nitrogens is 1. The summed E-state index contributed by atoms with van der Waals surface area (Å²) in [7, 11) is 0. The molecule has 18 heavy (non-hydrogen) atoms. The highest BCUT2D eigenvalue weighted by molar-refractivity contribution is 5.18. The largest absolute Gasteiger partial charge is 0.326 e. The Labute approximate surface area is 109 Å². The predicted octanol–water partition coefficient (Wildman–Crippen LogP) is 2.41. The van der Waals surface area contributed by atoms with Crippen molar-refractivity contribution in [2.24, 2.45) is 5.73 Å². The van der Waals surface area contributed by atoms with Crippen LogP contribution in [0.5, 0.6) is 0 Å². The van der Waals surface area contributed by atoms with Crippen LogP contribution < -0.4 is 5.73 Å². The van der Waals surface area contributed by atoms with Gasteiger partial charge in [-0.3, -0.25) is 9.88 Å². The van der Waals surface area contributed by atoms with E-state index in [-0.39, 0.29) is 6.04 Å². The number of hydrogen-bond acceptors (Lipinski definition) is 3. The minimum atomic E-state index is 0.239. The maximum absolute atomic E-state index is 6.42. The fraction of sp³-hybridized carbons (Fsp3) is 0.667. The summed E-state index contributed by atoms with van der Waals surface area (Å²) in [5, 5.41) is 0. The second-order valence-electron chi connectivity index (χ2n) is 5.83. The molecule has 1 aromatic heterocycles. The highest BCUT2D eigenvalue weighted by atomic mass is 15.2. The maximum atomic E-state index is 6.42. The second kappa shape index (κ2) is 4.98. The van der Waals surface area contributed by atoms with Gasteiger partial charge in [-0.25, -0.2) is 0 Å². The van der Waals surface area contributed by atoms with E-state index in [0.717, 1.165) is 12.5 Å². The Balaban J connectivity index is 1.89. The van der Waals surface area contributed by atoms with E-state index in [0.29, 0.717) is 6.04 Å². The number of nitrogens with zero attached hydrogens (tertiary/aromatic N) is 2. The molecule has 0 radical (unpaired) electrons. The lowest BCUT2D eigenvalue weighted by Gasteiger charge is -2.33. The van der Waals surface area contributed by atoms with Crippen molar-refractivity contribution < 1.29 is 0 Å². The molecule has 0 bridgehead atoms. The molecule has 2 N–H and O–H groups in total. The van der Waals surface area contributed by atoms with E-state index in [9.17, 15) is 0 Å². The zero-order valence-electron chi connectivity index (χ0n) is 11.2. The van der Waals surface area contributed by atoms with Gasteiger partial charge in [0.1, 0.15) is 0 Å². The molecule has 3 heteroatoms. The van der Waals surface area contributed by atoms with Gasteiger partial charge in [-0.1, -0.05) is 12.5 Å². The van der Waals surface area contributed by atoms with E-state index in [2.05, 4.69) is 28.9 Å². The summed E-state index contributed by atoms with van der Waals surface area (Å²) in [5.74, 6) is 0. The fourth-order valence-electron chi connectivity index (χ4n) is 3.08. The number of aryl methyl sites for hydroxylation is 1. The molecule has 3 nitrogen and oxygen atoms in total. The third kappa shape index (κ3) is 2.43. The Kier molecular flexibility index (Phi) is 3.35. The van der Waals surface area contributed by atoms with Crippen LogP contribution in [0.15, 0.2) is 18.3 Å². The first kappa shape index (κ1) is 12.1. The summed E-state index contributed by atoms with van der Waals surface area (Å²) in [6.07, 6.45) is 8.32. The molecule has 2 unspecified atom stereocenters. The lowest BCUT2D eigenvalue weighted by Crippen LogP contribution is -2.41. The average molecular weight is 245 g/mol. The normalized spacial score (nSPS) is 30.1. The molecule has 2 atom stereocenters. The standard InChI is InChI=1S/C15H23N3/c1-11-5-8-14(17-10-11)15-13(16)4-2-3-9-18(15)12-6-7-12/h5,8,10,12-13,15H,2-4,6-7,9,16H2,1H3. The maximum Gasteiger partial charge on any atom is 0.0676 e. The van der Waals surface area contributed by atoms with Crippen molar-refractivity contribution in [3.8, 4) is 0 Å². The molecule has 98 valence electrons. The first-order valence-electron chi connectivity index (χ1n) is 7.19. The topological polar surface area (TPSA) is 42.1 Å². The van der Waals surface area contributed by atoms with Crippen LogP contribution in [0.4, 0.5) is 0 Å². The van der Waals surface area contributed by atoms with Crippen LogP contribution in [-0.2, 0) is 0 Å². The van der Waals surface area contributed by atoms with Crippen molar-refractivity contribution in [3.05, 3.63) is 29.6 Å². The van der Waals surface area contributed by atoms with Crippen molar-refractivity contribution in [1.82, 2.24) is 9.88 Å². The monoisotopic (exact) mass is 245 g/mol. The highest BCUT2D eigenvalue weighted by Crippen LogP contribution is 2.37. The summed E-state index contributed by atoms with van der Waals surface area (Å²) >= 11 is 0. The third-order valence-corrected chi connectivity index (χ3v) is 4.22. The third-order valence-electron chi connectivity index (χ3n) is 4.22. The van der Waals surface area contributed by atoms with Gasteiger partial charge in [0.2, 0.25) is 0 Å². The quantitative estimate of drug-likeness (QED) is 0.870. The molecule has 1 aromatic rings. The SMILES string of the molecule is Cc1ccc(C2C(N)CCCCN2C2CC2)nc1. The molecular weight excluding hydrogens is 222 g/mol. The van der Waals surface area contributed by atoms with Crippen LogP contribution in [0.25, 0.3) is 0 Å². The molecule has 2 aliphatic rings. The van der Waals surface area contributed by atoms with E-state index >= 15 is 0 Å². The van der Waals surface area contributed by atoms with Crippen molar-refractivity contribution in [2.75, 3.05) is 6.54 Å². The van der Waals surface area contributed by atoms with E-state index in [1.807, 2.05) is 6.20 Å². The van der Waals surface area contributed by atoms with Gasteiger partial charge < -0.3 is 5.73 Å². The summed E-state index contributed by atoms with van der Waals surface area (Å²) in [5.41, 5.74) is 8.81. The van der Waals surface area contributed by atoms with Crippen molar-refractivity contribution >= 4 is 0 Å². The van der Waals surface area contributed by atoms with Crippen molar-refractivity contribution in [1.29, 1.82) is 0 Å². The Morgan fingerprint density at radius 2 is 2.06 bits per heavy atom. The van der Waals surface area contributed by atoms with Gasteiger partial charge >= 0.3 is 0 Å². The number of hydrogen-bond donors (Lipinski definition) is 1. The van der Waals surface area contributed by atoms with E-state index < -0.39 is 0 Å². The van der Waals surface area contributed by atoms with Gasteiger partial charge in [-0.05, 0) is 50.8 Å². The number of pyridine rings is 1. The summed E-state index contributed by atoms with van der Waals surface area (Å²) in [4.78, 5) is 7.25. The lowest BCUT2D eigenvalue weighted by molar-refractivity contribution is 0.172. The fourth-order valence-corrected chi connectivity index (χ4v) is 3.08. The Morgan fingerprint density at radius 3 is 2.72 bits per heavy atom. The molecule has 2 fully saturated rings. The van der Waals surface area contributed by atoms with E-state index in [4.69, 9.17) is 5.73 Å². The Morgan fingerprint density at radius 1 is 1.22 bits per heavy atom. The molecule has 3 rings (SSSR count). The van der Waals surface area contributed by atoms with E-state index in [1.165, 1.54) is 43.5 Å². The average Bonchev–Trinajstić information content (AvgIpc) is 3.17. The van der Waals surface area contributed by atoms with Crippen LogP contribution in [0.1, 0.15) is 49.4 Å². The Bertz CT molecular complexity index is 397. The molecular formula is C15H23N3. The predicted molar refractivity (Wildman–Crippen MR) is 73.3 cm³/mol. The molecule has 0 spiro atoms. The number of rotatable bonds is 2. The van der Waals surface area contributed by atoms with Gasteiger partial charge in [-0.15, -0.1) is 0 Å². The van der Waals surface area contributed by atoms with Crippen molar-refractivity contribution in [2.45, 2.75) is 57.2 Å². The molecule has 0 aromatic carbocycles. The van der Waals surface area contributed by atoms with Gasteiger partial charge in [0.25, 0.3) is 0 Å². The van der Waals surface area contributed by atoms with Crippen molar-refractivity contribution in [3.63, 3.8) is 0 Å². The summed E-state index contributed by atoms with van der Waals surface area (Å²) < 4.78 is 0. The lowest BCUT2D eigenvalue weighted by atomic mass is 10.00. The smallest absolute Gasteiger partial charge is 0.0676 e. The first-order chi connectivity index (χ1) is 8.75. The molecule has 1 saturated carbocycles. The molecule has 1 aliphatic heterocycles. The number of likely N-dealkylation sites (tertiary alicyclic amines) is 1. The van der Waals surface area contributed by atoms with Crippen LogP contribution in [-0.4, -0.2) is 28.5 Å². The molecule has 2 heterocycles. The summed E-state index contributed by atoms with van der Waals surface area (Å²) in [6.45, 7) is 3.28. The minimum absolute atomic E-state index is 0.239.